The maximum Gasteiger partial charge on any atom is 0.236 e. The first-order valence-electron chi connectivity index (χ1n) is 9.80. The normalized spacial score (nSPS) is 16.0. The fraction of sp³-hybridized carbons (Fsp3) is 0.273. The topological polar surface area (TPSA) is 75.2 Å². The van der Waals surface area contributed by atoms with Crippen molar-refractivity contribution in [2.75, 3.05) is 22.5 Å². The van der Waals surface area contributed by atoms with Gasteiger partial charge in [0, 0.05) is 35.3 Å². The summed E-state index contributed by atoms with van der Waals surface area (Å²) in [6.45, 7) is 2.58. The highest BCUT2D eigenvalue weighted by molar-refractivity contribution is 7.99. The minimum Gasteiger partial charge on any atom is -0.312 e. The lowest BCUT2D eigenvalue weighted by Gasteiger charge is -2.16. The van der Waals surface area contributed by atoms with E-state index in [0.29, 0.717) is 28.9 Å². The Morgan fingerprint density at radius 2 is 2.06 bits per heavy atom. The largest absolute Gasteiger partial charge is 0.312 e. The number of nitrogens with one attached hydrogen (secondary N) is 1. The first-order valence-corrected chi connectivity index (χ1v) is 12.2. The summed E-state index contributed by atoms with van der Waals surface area (Å²) in [5.41, 5.74) is 3.14. The Labute approximate surface area is 194 Å². The second-order valence-corrected chi connectivity index (χ2v) is 9.79. The predicted octanol–water partition coefficient (Wildman–Crippen LogP) is 4.89. The zero-order chi connectivity index (χ0) is 21.8. The summed E-state index contributed by atoms with van der Waals surface area (Å²) in [5.74, 6) is 0.988. The van der Waals surface area contributed by atoms with Gasteiger partial charge >= 0.3 is 0 Å². The maximum atomic E-state index is 12.5. The number of carbonyl (C=O) groups excluding carboxylic acids is 2. The zero-order valence-electron chi connectivity index (χ0n) is 16.9. The van der Waals surface area contributed by atoms with Gasteiger partial charge in [0.05, 0.1) is 5.75 Å². The van der Waals surface area contributed by atoms with Crippen molar-refractivity contribution in [2.24, 2.45) is 0 Å². The lowest BCUT2D eigenvalue weighted by molar-refractivity contribution is -0.117. The summed E-state index contributed by atoms with van der Waals surface area (Å²) in [5, 5.41) is 13.1. The van der Waals surface area contributed by atoms with Gasteiger partial charge < -0.3 is 4.90 Å². The molecule has 0 spiro atoms. The molecule has 4 rings (SSSR count). The van der Waals surface area contributed by atoms with Crippen LogP contribution < -0.4 is 10.2 Å². The minimum absolute atomic E-state index is 0.0181. The summed E-state index contributed by atoms with van der Waals surface area (Å²) >= 11 is 8.74. The molecular formula is C22H21ClN4O2S2. The number of rotatable bonds is 7. The van der Waals surface area contributed by atoms with Crippen LogP contribution in [-0.2, 0) is 15.3 Å². The number of aryl methyl sites for hydroxylation is 1. The molecule has 0 radical (unpaired) electrons. The van der Waals surface area contributed by atoms with Crippen molar-refractivity contribution in [3.8, 4) is 0 Å². The molecule has 0 bridgehead atoms. The summed E-state index contributed by atoms with van der Waals surface area (Å²) in [6.07, 6.45) is 0.396. The van der Waals surface area contributed by atoms with Crippen LogP contribution in [0.4, 0.5) is 10.8 Å². The van der Waals surface area contributed by atoms with Gasteiger partial charge in [0.1, 0.15) is 5.01 Å². The molecule has 31 heavy (non-hydrogen) atoms. The SMILES string of the molecule is Cc1cccc(N2CC(c3nnc(NC(=O)CSCc4ccc(Cl)cc4)s3)CC2=O)c1. The molecular weight excluding hydrogens is 452 g/mol. The van der Waals surface area contributed by atoms with Crippen LogP contribution in [0, 0.1) is 6.92 Å². The number of carbonyl (C=O) groups is 2. The molecule has 1 fully saturated rings. The van der Waals surface area contributed by atoms with E-state index in [9.17, 15) is 9.59 Å². The number of amides is 2. The number of halogens is 1. The average Bonchev–Trinajstić information content (AvgIpc) is 3.36. The number of hydrogen-bond acceptors (Lipinski definition) is 6. The Bertz CT molecular complexity index is 1090. The molecule has 9 heteroatoms. The molecule has 0 aliphatic carbocycles. The number of anilines is 2. The van der Waals surface area contributed by atoms with E-state index < -0.39 is 0 Å². The minimum atomic E-state index is -0.120. The molecule has 1 aliphatic rings. The molecule has 2 heterocycles. The van der Waals surface area contributed by atoms with Crippen LogP contribution in [0.2, 0.25) is 5.02 Å². The number of nitrogens with zero attached hydrogens (tertiary/aromatic N) is 3. The molecule has 1 N–H and O–H groups in total. The van der Waals surface area contributed by atoms with Crippen molar-refractivity contribution in [1.82, 2.24) is 10.2 Å². The summed E-state index contributed by atoms with van der Waals surface area (Å²) in [6, 6.07) is 15.5. The lowest BCUT2D eigenvalue weighted by Crippen LogP contribution is -2.24. The molecule has 1 atom stereocenters. The van der Waals surface area contributed by atoms with Gasteiger partial charge in [-0.25, -0.2) is 0 Å². The second kappa shape index (κ2) is 9.80. The van der Waals surface area contributed by atoms with Gasteiger partial charge in [-0.2, -0.15) is 0 Å². The Kier molecular flexibility index (Phi) is 6.89. The van der Waals surface area contributed by atoms with E-state index in [1.165, 1.54) is 23.1 Å². The van der Waals surface area contributed by atoms with Crippen molar-refractivity contribution in [2.45, 2.75) is 25.0 Å². The highest BCUT2D eigenvalue weighted by Crippen LogP contribution is 2.34. The maximum absolute atomic E-state index is 12.5. The van der Waals surface area contributed by atoms with Crippen molar-refractivity contribution < 1.29 is 9.59 Å². The molecule has 1 unspecified atom stereocenters. The highest BCUT2D eigenvalue weighted by atomic mass is 35.5. The molecule has 2 aromatic carbocycles. The third-order valence-electron chi connectivity index (χ3n) is 4.89. The fourth-order valence-corrected chi connectivity index (χ4v) is 5.13. The van der Waals surface area contributed by atoms with Gasteiger partial charge in [0.25, 0.3) is 0 Å². The van der Waals surface area contributed by atoms with Gasteiger partial charge in [-0.3, -0.25) is 14.9 Å². The van der Waals surface area contributed by atoms with E-state index in [1.807, 2.05) is 55.5 Å². The number of aromatic nitrogens is 2. The van der Waals surface area contributed by atoms with Crippen molar-refractivity contribution in [3.05, 3.63) is 69.7 Å². The van der Waals surface area contributed by atoms with E-state index in [1.54, 1.807) is 4.90 Å². The molecule has 3 aromatic rings. The van der Waals surface area contributed by atoms with E-state index in [0.717, 1.165) is 27.6 Å². The van der Waals surface area contributed by atoms with Gasteiger partial charge in [-0.1, -0.05) is 47.2 Å². The van der Waals surface area contributed by atoms with Crippen molar-refractivity contribution >= 4 is 57.3 Å². The second-order valence-electron chi connectivity index (χ2n) is 7.36. The molecule has 160 valence electrons. The molecule has 1 aromatic heterocycles. The van der Waals surface area contributed by atoms with Crippen LogP contribution in [0.1, 0.15) is 28.5 Å². The number of thioether (sulfide) groups is 1. The van der Waals surface area contributed by atoms with Crippen molar-refractivity contribution in [3.63, 3.8) is 0 Å². The van der Waals surface area contributed by atoms with Gasteiger partial charge in [0.2, 0.25) is 16.9 Å². The van der Waals surface area contributed by atoms with Gasteiger partial charge in [-0.15, -0.1) is 22.0 Å². The van der Waals surface area contributed by atoms with Crippen LogP contribution in [0.3, 0.4) is 0 Å². The Morgan fingerprint density at radius 1 is 1.26 bits per heavy atom. The predicted molar refractivity (Wildman–Crippen MR) is 127 cm³/mol. The smallest absolute Gasteiger partial charge is 0.236 e. The average molecular weight is 473 g/mol. The lowest BCUT2D eigenvalue weighted by atomic mass is 10.1. The van der Waals surface area contributed by atoms with Crippen LogP contribution in [-0.4, -0.2) is 34.3 Å². The molecule has 2 amide bonds. The molecule has 0 saturated carbocycles. The van der Waals surface area contributed by atoms with Crippen LogP contribution in [0.15, 0.2) is 48.5 Å². The quantitative estimate of drug-likeness (QED) is 0.529. The monoisotopic (exact) mass is 472 g/mol. The first-order chi connectivity index (χ1) is 15.0. The fourth-order valence-electron chi connectivity index (χ4n) is 3.37. The van der Waals surface area contributed by atoms with Gasteiger partial charge in [0.15, 0.2) is 0 Å². The van der Waals surface area contributed by atoms with E-state index in [2.05, 4.69) is 15.5 Å². The van der Waals surface area contributed by atoms with E-state index in [-0.39, 0.29) is 17.7 Å². The van der Waals surface area contributed by atoms with Crippen LogP contribution in [0.5, 0.6) is 0 Å². The van der Waals surface area contributed by atoms with E-state index >= 15 is 0 Å². The number of benzene rings is 2. The van der Waals surface area contributed by atoms with E-state index in [4.69, 9.17) is 11.6 Å². The van der Waals surface area contributed by atoms with Crippen LogP contribution in [0.25, 0.3) is 0 Å². The first kappa shape index (κ1) is 21.8. The molecule has 1 aliphatic heterocycles. The third kappa shape index (κ3) is 5.64. The van der Waals surface area contributed by atoms with Crippen molar-refractivity contribution in [1.29, 1.82) is 0 Å². The Balaban J connectivity index is 1.29. The summed E-state index contributed by atoms with van der Waals surface area (Å²) in [7, 11) is 0. The Morgan fingerprint density at radius 3 is 2.84 bits per heavy atom. The standard InChI is InChI=1S/C22H21ClN4O2S2/c1-14-3-2-4-18(9-14)27-11-16(10-20(27)29)21-25-26-22(31-21)24-19(28)13-30-12-15-5-7-17(23)8-6-15/h2-9,16H,10-13H2,1H3,(H,24,26,28). The molecule has 1 saturated heterocycles. The summed E-state index contributed by atoms with van der Waals surface area (Å²) < 4.78 is 0. The van der Waals surface area contributed by atoms with Crippen LogP contribution >= 0.6 is 34.7 Å². The molecule has 6 nitrogen and oxygen atoms in total. The zero-order valence-corrected chi connectivity index (χ0v) is 19.3. The summed E-state index contributed by atoms with van der Waals surface area (Å²) in [4.78, 5) is 26.5. The Hall–Kier alpha value is -2.42. The van der Waals surface area contributed by atoms with Gasteiger partial charge in [-0.05, 0) is 42.3 Å². The third-order valence-corrected chi connectivity index (χ3v) is 7.15. The number of hydrogen-bond donors (Lipinski definition) is 1. The highest BCUT2D eigenvalue weighted by Gasteiger charge is 2.34.